The van der Waals surface area contributed by atoms with Crippen LogP contribution in [0.4, 0.5) is 0 Å². The number of amides is 1. The van der Waals surface area contributed by atoms with Crippen LogP contribution in [0.5, 0.6) is 0 Å². The number of benzene rings is 1. The van der Waals surface area contributed by atoms with Crippen molar-refractivity contribution in [3.63, 3.8) is 0 Å². The molecule has 1 aromatic rings. The van der Waals surface area contributed by atoms with E-state index in [0.717, 1.165) is 25.7 Å². The van der Waals surface area contributed by atoms with Crippen LogP contribution in [0, 0.1) is 6.92 Å². The molecule has 0 spiro atoms. The van der Waals surface area contributed by atoms with Crippen molar-refractivity contribution in [3.05, 3.63) is 28.3 Å². The first-order chi connectivity index (χ1) is 9.29. The van der Waals surface area contributed by atoms with Gasteiger partial charge in [0.25, 0.3) is 5.91 Å². The zero-order chi connectivity index (χ0) is 14.9. The van der Waals surface area contributed by atoms with E-state index >= 15 is 0 Å². The first-order valence-electron chi connectivity index (χ1n) is 6.43. The average molecular weight is 317 g/mol. The predicted octanol–water partition coefficient (Wildman–Crippen LogP) is 1.97. The molecule has 1 fully saturated rings. The number of nitrogens with two attached hydrogens (primary N) is 1. The second-order valence-corrected chi connectivity index (χ2v) is 7.02. The lowest BCUT2D eigenvalue weighted by atomic mass is 10.1. The lowest BCUT2D eigenvalue weighted by molar-refractivity contribution is 0.0937. The number of hydrogen-bond donors (Lipinski definition) is 2. The van der Waals surface area contributed by atoms with Gasteiger partial charge in [0.2, 0.25) is 10.0 Å². The molecule has 110 valence electrons. The minimum atomic E-state index is -3.90. The van der Waals surface area contributed by atoms with Gasteiger partial charge in [-0.05, 0) is 37.5 Å². The van der Waals surface area contributed by atoms with Crippen LogP contribution in [0.3, 0.4) is 0 Å². The molecule has 1 aromatic carbocycles. The molecular formula is C13H17ClN2O3S. The van der Waals surface area contributed by atoms with Crippen molar-refractivity contribution in [2.75, 3.05) is 0 Å². The fourth-order valence-corrected chi connectivity index (χ4v) is 3.52. The number of rotatable bonds is 3. The summed E-state index contributed by atoms with van der Waals surface area (Å²) in [5.74, 6) is -0.316. The van der Waals surface area contributed by atoms with Gasteiger partial charge in [0.15, 0.2) is 0 Å². The Hall–Kier alpha value is -1.11. The van der Waals surface area contributed by atoms with Gasteiger partial charge in [0.1, 0.15) is 0 Å². The van der Waals surface area contributed by atoms with Crippen LogP contribution in [-0.4, -0.2) is 20.4 Å². The van der Waals surface area contributed by atoms with Gasteiger partial charge in [-0.15, -0.1) is 0 Å². The molecule has 0 saturated heterocycles. The van der Waals surface area contributed by atoms with Crippen molar-refractivity contribution >= 4 is 27.5 Å². The fourth-order valence-electron chi connectivity index (χ4n) is 2.42. The number of sulfonamides is 1. The highest BCUT2D eigenvalue weighted by molar-refractivity contribution is 7.89. The summed E-state index contributed by atoms with van der Waals surface area (Å²) >= 11 is 5.99. The molecule has 0 radical (unpaired) electrons. The van der Waals surface area contributed by atoms with Crippen molar-refractivity contribution in [3.8, 4) is 0 Å². The Kier molecular flexibility index (Phi) is 4.36. The summed E-state index contributed by atoms with van der Waals surface area (Å²) in [6, 6.07) is 2.90. The Morgan fingerprint density at radius 3 is 2.50 bits per heavy atom. The summed E-state index contributed by atoms with van der Waals surface area (Å²) < 4.78 is 23.0. The summed E-state index contributed by atoms with van der Waals surface area (Å²) in [5.41, 5.74) is 0.572. The zero-order valence-electron chi connectivity index (χ0n) is 11.1. The van der Waals surface area contributed by atoms with E-state index in [1.807, 2.05) is 0 Å². The van der Waals surface area contributed by atoms with Crippen molar-refractivity contribution in [1.29, 1.82) is 0 Å². The van der Waals surface area contributed by atoms with Gasteiger partial charge in [-0.3, -0.25) is 4.79 Å². The van der Waals surface area contributed by atoms with E-state index in [1.165, 1.54) is 12.1 Å². The van der Waals surface area contributed by atoms with Gasteiger partial charge in [-0.1, -0.05) is 24.4 Å². The van der Waals surface area contributed by atoms with E-state index in [2.05, 4.69) is 5.32 Å². The number of carbonyl (C=O) groups is 1. The van der Waals surface area contributed by atoms with Crippen LogP contribution in [0.25, 0.3) is 0 Å². The topological polar surface area (TPSA) is 89.3 Å². The first-order valence-corrected chi connectivity index (χ1v) is 8.35. The Balaban J connectivity index is 2.32. The Labute approximate surface area is 123 Å². The second-order valence-electron chi connectivity index (χ2n) is 5.08. The molecule has 1 amide bonds. The van der Waals surface area contributed by atoms with Gasteiger partial charge in [0, 0.05) is 16.6 Å². The third kappa shape index (κ3) is 3.31. The number of primary sulfonamides is 1. The SMILES string of the molecule is Cc1c(Cl)cc(C(=O)NC2CCCC2)cc1S(N)(=O)=O. The molecule has 0 aromatic heterocycles. The van der Waals surface area contributed by atoms with Crippen LogP contribution in [-0.2, 0) is 10.0 Å². The summed E-state index contributed by atoms with van der Waals surface area (Å²) in [6.07, 6.45) is 4.10. The van der Waals surface area contributed by atoms with Gasteiger partial charge in [0.05, 0.1) is 4.90 Å². The predicted molar refractivity (Wildman–Crippen MR) is 77.3 cm³/mol. The van der Waals surface area contributed by atoms with Gasteiger partial charge >= 0.3 is 0 Å². The third-order valence-corrected chi connectivity index (χ3v) is 4.99. The van der Waals surface area contributed by atoms with Crippen molar-refractivity contribution in [1.82, 2.24) is 5.32 Å². The molecule has 0 atom stereocenters. The normalized spacial score (nSPS) is 16.4. The quantitative estimate of drug-likeness (QED) is 0.893. The average Bonchev–Trinajstić information content (AvgIpc) is 2.83. The molecule has 0 unspecified atom stereocenters. The highest BCUT2D eigenvalue weighted by Crippen LogP contribution is 2.25. The van der Waals surface area contributed by atoms with Crippen molar-refractivity contribution in [2.24, 2.45) is 5.14 Å². The molecule has 1 aliphatic carbocycles. The molecule has 0 heterocycles. The minimum absolute atomic E-state index is 0.110. The zero-order valence-corrected chi connectivity index (χ0v) is 12.7. The summed E-state index contributed by atoms with van der Waals surface area (Å²) in [7, 11) is -3.90. The largest absolute Gasteiger partial charge is 0.349 e. The number of hydrogen-bond acceptors (Lipinski definition) is 3. The molecule has 0 aliphatic heterocycles. The van der Waals surface area contributed by atoms with E-state index in [9.17, 15) is 13.2 Å². The van der Waals surface area contributed by atoms with E-state index in [1.54, 1.807) is 6.92 Å². The van der Waals surface area contributed by atoms with Crippen LogP contribution < -0.4 is 10.5 Å². The van der Waals surface area contributed by atoms with Crippen LogP contribution in [0.2, 0.25) is 5.02 Å². The molecule has 7 heteroatoms. The number of halogens is 1. The molecule has 1 aliphatic rings. The Morgan fingerprint density at radius 2 is 1.95 bits per heavy atom. The number of nitrogens with one attached hydrogen (secondary N) is 1. The summed E-state index contributed by atoms with van der Waals surface area (Å²) in [4.78, 5) is 12.0. The van der Waals surface area contributed by atoms with Gasteiger partial charge in [-0.2, -0.15) is 0 Å². The van der Waals surface area contributed by atoms with Crippen LogP contribution >= 0.6 is 11.6 Å². The standard InChI is InChI=1S/C13H17ClN2O3S/c1-8-11(14)6-9(7-12(8)20(15,18)19)13(17)16-10-4-2-3-5-10/h6-7,10H,2-5H2,1H3,(H,16,17)(H2,15,18,19). The number of carbonyl (C=O) groups excluding carboxylic acids is 1. The Morgan fingerprint density at radius 1 is 1.35 bits per heavy atom. The maximum atomic E-state index is 12.1. The van der Waals surface area contributed by atoms with E-state index < -0.39 is 10.0 Å². The fraction of sp³-hybridized carbons (Fsp3) is 0.462. The van der Waals surface area contributed by atoms with Crippen molar-refractivity contribution in [2.45, 2.75) is 43.5 Å². The highest BCUT2D eigenvalue weighted by Gasteiger charge is 2.21. The molecule has 3 N–H and O–H groups in total. The maximum Gasteiger partial charge on any atom is 0.251 e. The third-order valence-electron chi connectivity index (χ3n) is 3.56. The van der Waals surface area contributed by atoms with Gasteiger partial charge < -0.3 is 5.32 Å². The van der Waals surface area contributed by atoms with E-state index in [-0.39, 0.29) is 27.4 Å². The first kappa shape index (κ1) is 15.3. The van der Waals surface area contributed by atoms with Gasteiger partial charge in [-0.25, -0.2) is 13.6 Å². The highest BCUT2D eigenvalue weighted by atomic mass is 35.5. The van der Waals surface area contributed by atoms with E-state index in [0.29, 0.717) is 5.56 Å². The molecule has 20 heavy (non-hydrogen) atoms. The van der Waals surface area contributed by atoms with Crippen molar-refractivity contribution < 1.29 is 13.2 Å². The Bertz CT molecular complexity index is 637. The van der Waals surface area contributed by atoms with Crippen LogP contribution in [0.15, 0.2) is 17.0 Å². The molecular weight excluding hydrogens is 300 g/mol. The smallest absolute Gasteiger partial charge is 0.251 e. The molecule has 5 nitrogen and oxygen atoms in total. The lowest BCUT2D eigenvalue weighted by Crippen LogP contribution is -2.32. The summed E-state index contributed by atoms with van der Waals surface area (Å²) in [6.45, 7) is 1.56. The minimum Gasteiger partial charge on any atom is -0.349 e. The molecule has 2 rings (SSSR count). The monoisotopic (exact) mass is 316 g/mol. The lowest BCUT2D eigenvalue weighted by Gasteiger charge is -2.13. The second kappa shape index (κ2) is 5.71. The molecule has 0 bridgehead atoms. The summed E-state index contributed by atoms with van der Waals surface area (Å²) in [5, 5.41) is 8.24. The van der Waals surface area contributed by atoms with Crippen LogP contribution in [0.1, 0.15) is 41.6 Å². The maximum absolute atomic E-state index is 12.1. The molecule has 1 saturated carbocycles. The van der Waals surface area contributed by atoms with E-state index in [4.69, 9.17) is 16.7 Å².